The first-order valence-corrected chi connectivity index (χ1v) is 10.0. The van der Waals surface area contributed by atoms with Gasteiger partial charge in [0.2, 0.25) is 5.75 Å². The van der Waals surface area contributed by atoms with E-state index >= 15 is 0 Å². The molecule has 0 aromatic heterocycles. The Kier molecular flexibility index (Phi) is 6.89. The van der Waals surface area contributed by atoms with Crippen molar-refractivity contribution in [2.75, 3.05) is 34.5 Å². The Labute approximate surface area is 179 Å². The molecule has 2 amide bonds. The van der Waals surface area contributed by atoms with E-state index in [1.807, 2.05) is 31.2 Å². The van der Waals surface area contributed by atoms with Gasteiger partial charge in [0.15, 0.2) is 11.5 Å². The molecular formula is C22H23NO6S. The molecular weight excluding hydrogens is 406 g/mol. The van der Waals surface area contributed by atoms with E-state index in [0.717, 1.165) is 17.3 Å². The van der Waals surface area contributed by atoms with Crippen molar-refractivity contribution in [3.05, 3.63) is 52.4 Å². The van der Waals surface area contributed by atoms with Crippen molar-refractivity contribution in [3.63, 3.8) is 0 Å². The van der Waals surface area contributed by atoms with E-state index in [9.17, 15) is 9.59 Å². The molecule has 30 heavy (non-hydrogen) atoms. The van der Waals surface area contributed by atoms with Gasteiger partial charge >= 0.3 is 0 Å². The first-order valence-electron chi connectivity index (χ1n) is 9.21. The molecule has 2 aromatic carbocycles. The van der Waals surface area contributed by atoms with Gasteiger partial charge < -0.3 is 18.9 Å². The van der Waals surface area contributed by atoms with E-state index in [2.05, 4.69) is 0 Å². The molecule has 0 spiro atoms. The summed E-state index contributed by atoms with van der Waals surface area (Å²) in [6.07, 6.45) is 1.64. The maximum Gasteiger partial charge on any atom is 0.293 e. The molecule has 1 fully saturated rings. The smallest absolute Gasteiger partial charge is 0.293 e. The van der Waals surface area contributed by atoms with Crippen molar-refractivity contribution in [3.8, 4) is 23.0 Å². The van der Waals surface area contributed by atoms with Crippen molar-refractivity contribution >= 4 is 29.0 Å². The summed E-state index contributed by atoms with van der Waals surface area (Å²) in [7, 11) is 4.55. The van der Waals surface area contributed by atoms with Crippen molar-refractivity contribution in [1.82, 2.24) is 4.90 Å². The van der Waals surface area contributed by atoms with Crippen LogP contribution in [0.3, 0.4) is 0 Å². The summed E-state index contributed by atoms with van der Waals surface area (Å²) in [5.41, 5.74) is 1.79. The third kappa shape index (κ3) is 4.71. The van der Waals surface area contributed by atoms with E-state index in [-0.39, 0.29) is 24.3 Å². The Hall–Kier alpha value is -3.13. The van der Waals surface area contributed by atoms with Crippen molar-refractivity contribution in [1.29, 1.82) is 0 Å². The molecule has 1 aliphatic rings. The number of rotatable bonds is 8. The number of imide groups is 1. The maximum atomic E-state index is 12.7. The van der Waals surface area contributed by atoms with E-state index in [0.29, 0.717) is 33.5 Å². The van der Waals surface area contributed by atoms with Gasteiger partial charge in [-0.25, -0.2) is 0 Å². The Morgan fingerprint density at radius 3 is 2.17 bits per heavy atom. The van der Waals surface area contributed by atoms with Crippen molar-refractivity contribution < 1.29 is 28.5 Å². The maximum absolute atomic E-state index is 12.7. The van der Waals surface area contributed by atoms with Crippen LogP contribution in [-0.2, 0) is 4.79 Å². The number of carbonyl (C=O) groups is 2. The average Bonchev–Trinajstić information content (AvgIpc) is 3.01. The Balaban J connectivity index is 1.72. The second-order valence-electron chi connectivity index (χ2n) is 6.45. The summed E-state index contributed by atoms with van der Waals surface area (Å²) in [5.74, 6) is 1.73. The Bertz CT molecular complexity index is 945. The minimum atomic E-state index is -0.355. The molecule has 1 saturated heterocycles. The van der Waals surface area contributed by atoms with Gasteiger partial charge in [0.05, 0.1) is 32.8 Å². The lowest BCUT2D eigenvalue weighted by Gasteiger charge is -2.14. The van der Waals surface area contributed by atoms with Crippen LogP contribution in [0.25, 0.3) is 6.08 Å². The summed E-state index contributed by atoms with van der Waals surface area (Å²) >= 11 is 0.892. The molecule has 1 aliphatic heterocycles. The standard InChI is InChI=1S/C22H23NO6S/c1-14-5-7-16(8-6-14)29-10-9-23-21(24)19(30-22(23)25)13-15-11-17(26-2)20(28-4)18(12-15)27-3/h5-8,11-13H,9-10H2,1-4H3/b19-13-. The number of hydrogen-bond acceptors (Lipinski definition) is 7. The highest BCUT2D eigenvalue weighted by molar-refractivity contribution is 8.18. The molecule has 0 atom stereocenters. The number of nitrogens with zero attached hydrogens (tertiary/aromatic N) is 1. The minimum Gasteiger partial charge on any atom is -0.493 e. The van der Waals surface area contributed by atoms with Gasteiger partial charge in [0.25, 0.3) is 11.1 Å². The normalized spacial score (nSPS) is 14.9. The molecule has 0 bridgehead atoms. The summed E-state index contributed by atoms with van der Waals surface area (Å²) in [6.45, 7) is 2.38. The second-order valence-corrected chi connectivity index (χ2v) is 7.45. The Morgan fingerprint density at radius 2 is 1.60 bits per heavy atom. The molecule has 158 valence electrons. The van der Waals surface area contributed by atoms with Gasteiger partial charge in [-0.1, -0.05) is 17.7 Å². The Morgan fingerprint density at radius 1 is 0.967 bits per heavy atom. The molecule has 1 heterocycles. The quantitative estimate of drug-likeness (QED) is 0.584. The van der Waals surface area contributed by atoms with Gasteiger partial charge in [-0.2, -0.15) is 0 Å². The highest BCUT2D eigenvalue weighted by atomic mass is 32.2. The second kappa shape index (κ2) is 9.58. The molecule has 0 aliphatic carbocycles. The number of amides is 2. The zero-order valence-corrected chi connectivity index (χ0v) is 18.1. The number of thioether (sulfide) groups is 1. The van der Waals surface area contributed by atoms with Crippen molar-refractivity contribution in [2.45, 2.75) is 6.92 Å². The minimum absolute atomic E-state index is 0.172. The number of benzene rings is 2. The molecule has 0 radical (unpaired) electrons. The highest BCUT2D eigenvalue weighted by Crippen LogP contribution is 2.40. The van der Waals surface area contributed by atoms with E-state index in [1.165, 1.54) is 26.2 Å². The molecule has 8 heteroatoms. The van der Waals surface area contributed by atoms with Gasteiger partial charge in [-0.05, 0) is 54.6 Å². The van der Waals surface area contributed by atoms with E-state index in [4.69, 9.17) is 18.9 Å². The number of carbonyl (C=O) groups excluding carboxylic acids is 2. The third-order valence-electron chi connectivity index (χ3n) is 4.46. The van der Waals surface area contributed by atoms with E-state index in [1.54, 1.807) is 18.2 Å². The average molecular weight is 429 g/mol. The van der Waals surface area contributed by atoms with Gasteiger partial charge in [0, 0.05) is 0 Å². The van der Waals surface area contributed by atoms with Gasteiger partial charge in [-0.3, -0.25) is 14.5 Å². The van der Waals surface area contributed by atoms with Crippen LogP contribution in [0.1, 0.15) is 11.1 Å². The van der Waals surface area contributed by atoms with Crippen LogP contribution in [0, 0.1) is 6.92 Å². The molecule has 7 nitrogen and oxygen atoms in total. The third-order valence-corrected chi connectivity index (χ3v) is 5.37. The van der Waals surface area contributed by atoms with Crippen LogP contribution in [0.5, 0.6) is 23.0 Å². The van der Waals surface area contributed by atoms with Crippen LogP contribution in [0.2, 0.25) is 0 Å². The zero-order valence-electron chi connectivity index (χ0n) is 17.3. The van der Waals surface area contributed by atoms with Crippen LogP contribution < -0.4 is 18.9 Å². The van der Waals surface area contributed by atoms with Crippen LogP contribution in [0.15, 0.2) is 41.3 Å². The molecule has 0 unspecified atom stereocenters. The molecule has 0 N–H and O–H groups in total. The monoisotopic (exact) mass is 429 g/mol. The zero-order chi connectivity index (χ0) is 21.7. The number of aryl methyl sites for hydroxylation is 1. The van der Waals surface area contributed by atoms with Gasteiger partial charge in [-0.15, -0.1) is 0 Å². The summed E-state index contributed by atoms with van der Waals surface area (Å²) in [6, 6.07) is 11.0. The number of ether oxygens (including phenoxy) is 4. The first-order chi connectivity index (χ1) is 14.5. The lowest BCUT2D eigenvalue weighted by atomic mass is 10.1. The summed E-state index contributed by atoms with van der Waals surface area (Å²) in [4.78, 5) is 26.5. The topological polar surface area (TPSA) is 74.3 Å². The fourth-order valence-electron chi connectivity index (χ4n) is 2.92. The lowest BCUT2D eigenvalue weighted by Crippen LogP contribution is -2.32. The van der Waals surface area contributed by atoms with Gasteiger partial charge in [0.1, 0.15) is 12.4 Å². The SMILES string of the molecule is COc1cc(/C=C2\SC(=O)N(CCOc3ccc(C)cc3)C2=O)cc(OC)c1OC. The van der Waals surface area contributed by atoms with Crippen LogP contribution >= 0.6 is 11.8 Å². The largest absolute Gasteiger partial charge is 0.493 e. The van der Waals surface area contributed by atoms with Crippen molar-refractivity contribution in [2.24, 2.45) is 0 Å². The summed E-state index contributed by atoms with van der Waals surface area (Å²) < 4.78 is 21.6. The predicted octanol–water partition coefficient (Wildman–Crippen LogP) is 4.14. The number of hydrogen-bond donors (Lipinski definition) is 0. The molecule has 3 rings (SSSR count). The molecule has 0 saturated carbocycles. The highest BCUT2D eigenvalue weighted by Gasteiger charge is 2.35. The lowest BCUT2D eigenvalue weighted by molar-refractivity contribution is -0.123. The van der Waals surface area contributed by atoms with Crippen LogP contribution in [-0.4, -0.2) is 50.5 Å². The molecule has 2 aromatic rings. The number of methoxy groups -OCH3 is 3. The predicted molar refractivity (Wildman–Crippen MR) is 115 cm³/mol. The summed E-state index contributed by atoms with van der Waals surface area (Å²) in [5, 5.41) is -0.328. The first kappa shape index (κ1) is 21.6. The van der Waals surface area contributed by atoms with E-state index < -0.39 is 0 Å². The fraction of sp³-hybridized carbons (Fsp3) is 0.273. The fourth-order valence-corrected chi connectivity index (χ4v) is 3.78. The van der Waals surface area contributed by atoms with Crippen LogP contribution in [0.4, 0.5) is 4.79 Å².